The zero-order chi connectivity index (χ0) is 27.6. The fourth-order valence-corrected chi connectivity index (χ4v) is 5.20. The third kappa shape index (κ3) is 8.84. The number of carbonyl (C=O) groups excluding carboxylic acids is 2. The molecular weight excluding hydrogens is 484 g/mol. The molecule has 2 amide bonds. The second kappa shape index (κ2) is 14.1. The standard InChI is InChI=1S/C28H48N6O4/c1-22(2)27(3,4)20-23(24(35)32-28(21-29)10-5-6-11-28)30-25(34-15-18-37-19-16-34)31-26(36)38-17-9-14-33-12-7-8-13-33/h22-23H,5-20H2,1-4H3,(H,32,35)(H,30,31,36). The second-order valence-corrected chi connectivity index (χ2v) is 12.0. The summed E-state index contributed by atoms with van der Waals surface area (Å²) < 4.78 is 11.0. The third-order valence-electron chi connectivity index (χ3n) is 8.47. The van der Waals surface area contributed by atoms with Crippen LogP contribution in [0.25, 0.3) is 0 Å². The molecule has 0 aromatic carbocycles. The maximum absolute atomic E-state index is 13.6. The van der Waals surface area contributed by atoms with Gasteiger partial charge in [-0.25, -0.2) is 9.79 Å². The molecule has 2 heterocycles. The lowest BCUT2D eigenvalue weighted by molar-refractivity contribution is -0.124. The fraction of sp³-hybridized carbons (Fsp3) is 0.857. The predicted octanol–water partition coefficient (Wildman–Crippen LogP) is 3.28. The summed E-state index contributed by atoms with van der Waals surface area (Å²) in [7, 11) is 0. The van der Waals surface area contributed by atoms with Gasteiger partial charge in [0.05, 0.1) is 25.9 Å². The van der Waals surface area contributed by atoms with Crippen molar-refractivity contribution in [3.05, 3.63) is 0 Å². The Balaban J connectivity index is 1.75. The number of rotatable bonds is 10. The number of hydrogen-bond donors (Lipinski definition) is 2. The maximum Gasteiger partial charge on any atom is 0.413 e. The first-order chi connectivity index (χ1) is 18.1. The predicted molar refractivity (Wildman–Crippen MR) is 147 cm³/mol. The van der Waals surface area contributed by atoms with Crippen molar-refractivity contribution in [3.8, 4) is 6.07 Å². The molecule has 2 N–H and O–H groups in total. The van der Waals surface area contributed by atoms with Crippen LogP contribution in [0, 0.1) is 22.7 Å². The van der Waals surface area contributed by atoms with Crippen LogP contribution in [0.2, 0.25) is 0 Å². The molecular formula is C28H48N6O4. The lowest BCUT2D eigenvalue weighted by Gasteiger charge is -2.34. The van der Waals surface area contributed by atoms with Crippen LogP contribution in [0.15, 0.2) is 4.99 Å². The zero-order valence-electron chi connectivity index (χ0n) is 23.9. The highest BCUT2D eigenvalue weighted by atomic mass is 16.5. The monoisotopic (exact) mass is 532 g/mol. The first-order valence-electron chi connectivity index (χ1n) is 14.4. The Morgan fingerprint density at radius 1 is 1.11 bits per heavy atom. The Bertz CT molecular complexity index is 850. The largest absolute Gasteiger partial charge is 0.449 e. The minimum absolute atomic E-state index is 0.187. The Morgan fingerprint density at radius 3 is 2.37 bits per heavy atom. The smallest absolute Gasteiger partial charge is 0.413 e. The molecule has 3 rings (SSSR count). The van der Waals surface area contributed by atoms with Gasteiger partial charge in [0.2, 0.25) is 11.9 Å². The molecule has 1 atom stereocenters. The van der Waals surface area contributed by atoms with Gasteiger partial charge >= 0.3 is 6.09 Å². The number of hydrogen-bond acceptors (Lipinski definition) is 7. The van der Waals surface area contributed by atoms with E-state index in [0.29, 0.717) is 64.1 Å². The first-order valence-corrected chi connectivity index (χ1v) is 14.4. The van der Waals surface area contributed by atoms with Gasteiger partial charge in [-0.05, 0) is 75.8 Å². The molecule has 0 aromatic rings. The van der Waals surface area contributed by atoms with Crippen molar-refractivity contribution < 1.29 is 19.1 Å². The first kappa shape index (κ1) is 30.2. The Kier molecular flexibility index (Phi) is 11.2. The number of likely N-dealkylation sites (tertiary alicyclic amines) is 1. The second-order valence-electron chi connectivity index (χ2n) is 12.0. The van der Waals surface area contributed by atoms with Crippen LogP contribution in [-0.2, 0) is 14.3 Å². The van der Waals surface area contributed by atoms with Crippen LogP contribution in [0.4, 0.5) is 4.79 Å². The summed E-state index contributed by atoms with van der Waals surface area (Å²) in [6, 6.07) is 1.59. The van der Waals surface area contributed by atoms with Crippen LogP contribution >= 0.6 is 0 Å². The number of carbonyl (C=O) groups is 2. The van der Waals surface area contributed by atoms with Gasteiger partial charge in [0.15, 0.2) is 0 Å². The number of nitrogens with zero attached hydrogens (tertiary/aromatic N) is 4. The molecule has 10 nitrogen and oxygen atoms in total. The van der Waals surface area contributed by atoms with Gasteiger partial charge in [0.25, 0.3) is 0 Å². The summed E-state index contributed by atoms with van der Waals surface area (Å²) in [6.45, 7) is 14.1. The van der Waals surface area contributed by atoms with E-state index in [1.807, 2.05) is 4.90 Å². The van der Waals surface area contributed by atoms with Crippen molar-refractivity contribution in [2.75, 3.05) is 52.5 Å². The summed E-state index contributed by atoms with van der Waals surface area (Å²) in [6.07, 6.45) is 6.31. The molecule has 3 aliphatic rings. The van der Waals surface area contributed by atoms with E-state index in [2.05, 4.69) is 49.3 Å². The van der Waals surface area contributed by atoms with Crippen molar-refractivity contribution in [1.82, 2.24) is 20.4 Å². The zero-order valence-corrected chi connectivity index (χ0v) is 23.9. The van der Waals surface area contributed by atoms with E-state index >= 15 is 0 Å². The molecule has 0 bridgehead atoms. The Labute approximate surface area is 228 Å². The summed E-state index contributed by atoms with van der Waals surface area (Å²) in [5, 5.41) is 15.7. The van der Waals surface area contributed by atoms with Crippen LogP contribution in [0.1, 0.15) is 79.1 Å². The number of aliphatic imine (C=N–C) groups is 1. The van der Waals surface area contributed by atoms with E-state index in [1.165, 1.54) is 12.8 Å². The summed E-state index contributed by atoms with van der Waals surface area (Å²) in [4.78, 5) is 35.6. The van der Waals surface area contributed by atoms with Gasteiger partial charge < -0.3 is 24.6 Å². The lowest BCUT2D eigenvalue weighted by Crippen LogP contribution is -2.53. The van der Waals surface area contributed by atoms with Gasteiger partial charge in [-0.1, -0.05) is 27.7 Å². The normalized spacial score (nSPS) is 21.3. The molecule has 214 valence electrons. The molecule has 3 fully saturated rings. The molecule has 1 saturated carbocycles. The van der Waals surface area contributed by atoms with Crippen molar-refractivity contribution in [2.45, 2.75) is 90.6 Å². The Morgan fingerprint density at radius 2 is 1.76 bits per heavy atom. The SMILES string of the molecule is CC(C)C(C)(C)CC(/N=C(\NC(=O)OCCCN1CCCC1)N1CCOCC1)C(=O)NC1(C#N)CCCC1. The molecule has 0 spiro atoms. The Hall–Kier alpha value is -2.38. The van der Waals surface area contributed by atoms with Crippen LogP contribution < -0.4 is 10.6 Å². The number of amides is 2. The van der Waals surface area contributed by atoms with Crippen molar-refractivity contribution in [2.24, 2.45) is 16.3 Å². The van der Waals surface area contributed by atoms with Gasteiger partial charge in [0.1, 0.15) is 11.6 Å². The number of nitrogens with one attached hydrogen (secondary N) is 2. The van der Waals surface area contributed by atoms with E-state index in [9.17, 15) is 14.9 Å². The van der Waals surface area contributed by atoms with E-state index in [-0.39, 0.29) is 11.3 Å². The molecule has 0 radical (unpaired) electrons. The molecule has 1 unspecified atom stereocenters. The highest BCUT2D eigenvalue weighted by molar-refractivity contribution is 5.96. The van der Waals surface area contributed by atoms with Crippen molar-refractivity contribution in [1.29, 1.82) is 5.26 Å². The van der Waals surface area contributed by atoms with Crippen LogP contribution in [-0.4, -0.2) is 91.9 Å². The molecule has 2 aliphatic heterocycles. The van der Waals surface area contributed by atoms with Crippen molar-refractivity contribution >= 4 is 18.0 Å². The molecule has 10 heteroatoms. The third-order valence-corrected chi connectivity index (χ3v) is 8.47. The fourth-order valence-electron chi connectivity index (χ4n) is 5.20. The highest BCUT2D eigenvalue weighted by Gasteiger charge is 2.39. The van der Waals surface area contributed by atoms with Crippen LogP contribution in [0.3, 0.4) is 0 Å². The van der Waals surface area contributed by atoms with Crippen LogP contribution in [0.5, 0.6) is 0 Å². The minimum Gasteiger partial charge on any atom is -0.449 e. The highest BCUT2D eigenvalue weighted by Crippen LogP contribution is 2.34. The quantitative estimate of drug-likeness (QED) is 0.252. The van der Waals surface area contributed by atoms with E-state index in [1.54, 1.807) is 0 Å². The van der Waals surface area contributed by atoms with E-state index in [0.717, 1.165) is 38.9 Å². The number of alkyl carbamates (subject to hydrolysis) is 1. The molecule has 0 aromatic heterocycles. The average molecular weight is 533 g/mol. The number of nitriles is 1. The topological polar surface area (TPSA) is 119 Å². The molecule has 2 saturated heterocycles. The van der Waals surface area contributed by atoms with Crippen molar-refractivity contribution in [3.63, 3.8) is 0 Å². The molecule has 1 aliphatic carbocycles. The van der Waals surface area contributed by atoms with Gasteiger partial charge in [0, 0.05) is 19.6 Å². The summed E-state index contributed by atoms with van der Waals surface area (Å²) in [5.41, 5.74) is -1.03. The van der Waals surface area contributed by atoms with E-state index in [4.69, 9.17) is 14.5 Å². The minimum atomic E-state index is -0.840. The number of ether oxygens (including phenoxy) is 2. The lowest BCUT2D eigenvalue weighted by atomic mass is 9.76. The number of morpholine rings is 1. The summed E-state index contributed by atoms with van der Waals surface area (Å²) >= 11 is 0. The van der Waals surface area contributed by atoms with E-state index < -0.39 is 17.7 Å². The average Bonchev–Trinajstić information content (AvgIpc) is 3.59. The maximum atomic E-state index is 13.6. The molecule has 38 heavy (non-hydrogen) atoms. The van der Waals surface area contributed by atoms with Gasteiger partial charge in [-0.2, -0.15) is 5.26 Å². The number of guanidine groups is 1. The van der Waals surface area contributed by atoms with Gasteiger partial charge in [-0.15, -0.1) is 0 Å². The summed E-state index contributed by atoms with van der Waals surface area (Å²) in [5.74, 6) is 0.369. The van der Waals surface area contributed by atoms with Gasteiger partial charge in [-0.3, -0.25) is 10.1 Å².